The van der Waals surface area contributed by atoms with Crippen LogP contribution in [0.25, 0.3) is 0 Å². The molecule has 1 atom stereocenters. The van der Waals surface area contributed by atoms with Gasteiger partial charge in [0.25, 0.3) is 0 Å². The lowest BCUT2D eigenvalue weighted by molar-refractivity contribution is 0.472. The molecule has 19 heavy (non-hydrogen) atoms. The molecule has 1 aromatic heterocycles. The van der Waals surface area contributed by atoms with E-state index >= 15 is 0 Å². The molecule has 0 aromatic carbocycles. The minimum Gasteiger partial charge on any atom is -0.309 e. The molecule has 0 saturated heterocycles. The smallest absolute Gasteiger partial charge is 0.0803 e. The normalized spacial score (nSPS) is 12.8. The third kappa shape index (κ3) is 6.00. The van der Waals surface area contributed by atoms with Gasteiger partial charge in [0.05, 0.1) is 10.6 Å². The van der Waals surface area contributed by atoms with Crippen LogP contribution in [0.5, 0.6) is 0 Å². The molecule has 1 heterocycles. The van der Waals surface area contributed by atoms with E-state index in [0.29, 0.717) is 6.04 Å². The first kappa shape index (κ1) is 16.6. The lowest BCUT2D eigenvalue weighted by Gasteiger charge is -2.17. The van der Waals surface area contributed by atoms with Crippen molar-refractivity contribution in [1.82, 2.24) is 14.9 Å². The number of hydrogen-bond acceptors (Lipinski definition) is 4. The summed E-state index contributed by atoms with van der Waals surface area (Å²) >= 11 is 1.59. The predicted molar refractivity (Wildman–Crippen MR) is 83.7 cm³/mol. The minimum absolute atomic E-state index is 0.471. The Kier molecular flexibility index (Phi) is 9.01. The molecule has 0 radical (unpaired) electrons. The van der Waals surface area contributed by atoms with Crippen molar-refractivity contribution in [3.63, 3.8) is 0 Å². The van der Waals surface area contributed by atoms with Crippen LogP contribution in [0.15, 0.2) is 0 Å². The van der Waals surface area contributed by atoms with E-state index in [1.807, 2.05) is 0 Å². The maximum atomic E-state index is 4.31. The number of nitrogens with one attached hydrogen (secondary N) is 1. The van der Waals surface area contributed by atoms with Crippen LogP contribution in [0.4, 0.5) is 0 Å². The Labute approximate surface area is 122 Å². The molecule has 110 valence electrons. The average molecular weight is 283 g/mol. The highest BCUT2D eigenvalue weighted by molar-refractivity contribution is 7.05. The molecule has 1 N–H and O–H groups in total. The van der Waals surface area contributed by atoms with Crippen molar-refractivity contribution in [2.45, 2.75) is 78.2 Å². The third-order valence-corrected chi connectivity index (χ3v) is 4.26. The van der Waals surface area contributed by atoms with Crippen LogP contribution in [0, 0.1) is 0 Å². The zero-order valence-electron chi connectivity index (χ0n) is 12.7. The van der Waals surface area contributed by atoms with Gasteiger partial charge < -0.3 is 5.32 Å². The van der Waals surface area contributed by atoms with Crippen LogP contribution in [-0.2, 0) is 6.42 Å². The van der Waals surface area contributed by atoms with Crippen molar-refractivity contribution < 1.29 is 0 Å². The van der Waals surface area contributed by atoms with Crippen molar-refractivity contribution in [3.05, 3.63) is 10.6 Å². The number of aromatic nitrogens is 2. The van der Waals surface area contributed by atoms with Crippen molar-refractivity contribution in [1.29, 1.82) is 0 Å². The van der Waals surface area contributed by atoms with E-state index < -0.39 is 0 Å². The molecule has 0 bridgehead atoms. The second kappa shape index (κ2) is 10.3. The lowest BCUT2D eigenvalue weighted by Crippen LogP contribution is -2.22. The fraction of sp³-hybridized carbons (Fsp3) is 0.867. The molecule has 4 heteroatoms. The Hall–Kier alpha value is -0.480. The van der Waals surface area contributed by atoms with Crippen molar-refractivity contribution >= 4 is 11.5 Å². The second-order valence-electron chi connectivity index (χ2n) is 5.19. The zero-order valence-corrected chi connectivity index (χ0v) is 13.6. The van der Waals surface area contributed by atoms with E-state index in [1.165, 1.54) is 49.1 Å². The van der Waals surface area contributed by atoms with E-state index in [-0.39, 0.29) is 0 Å². The van der Waals surface area contributed by atoms with Crippen molar-refractivity contribution in [2.24, 2.45) is 0 Å². The van der Waals surface area contributed by atoms with Crippen LogP contribution >= 0.6 is 11.5 Å². The predicted octanol–water partition coefficient (Wildman–Crippen LogP) is 4.50. The van der Waals surface area contributed by atoms with Gasteiger partial charge in [-0.05, 0) is 37.3 Å². The van der Waals surface area contributed by atoms with E-state index in [2.05, 4.69) is 35.7 Å². The molecule has 0 saturated carbocycles. The van der Waals surface area contributed by atoms with E-state index in [9.17, 15) is 0 Å². The Balaban J connectivity index is 2.57. The van der Waals surface area contributed by atoms with Crippen LogP contribution in [-0.4, -0.2) is 16.1 Å². The van der Waals surface area contributed by atoms with Gasteiger partial charge in [0.1, 0.15) is 0 Å². The number of aryl methyl sites for hydroxylation is 1. The minimum atomic E-state index is 0.471. The number of hydrogen-bond donors (Lipinski definition) is 1. The first-order valence-electron chi connectivity index (χ1n) is 7.87. The molecular weight excluding hydrogens is 254 g/mol. The first-order valence-corrected chi connectivity index (χ1v) is 8.65. The van der Waals surface area contributed by atoms with Crippen LogP contribution in [0.3, 0.4) is 0 Å². The van der Waals surface area contributed by atoms with E-state index in [4.69, 9.17) is 0 Å². The summed E-state index contributed by atoms with van der Waals surface area (Å²) in [4.78, 5) is 1.38. The van der Waals surface area contributed by atoms with Crippen molar-refractivity contribution in [3.8, 4) is 0 Å². The molecule has 0 spiro atoms. The summed E-state index contributed by atoms with van der Waals surface area (Å²) in [5, 5.41) is 7.99. The highest BCUT2D eigenvalue weighted by atomic mass is 32.1. The molecule has 0 fully saturated rings. The average Bonchev–Trinajstić information content (AvgIpc) is 2.87. The van der Waals surface area contributed by atoms with Gasteiger partial charge in [0.15, 0.2) is 0 Å². The van der Waals surface area contributed by atoms with Crippen molar-refractivity contribution in [2.75, 3.05) is 6.54 Å². The molecule has 0 aliphatic heterocycles. The molecule has 0 aliphatic carbocycles. The summed E-state index contributed by atoms with van der Waals surface area (Å²) in [5.41, 5.74) is 1.22. The van der Waals surface area contributed by atoms with Crippen LogP contribution in [0.1, 0.15) is 82.3 Å². The number of unbranched alkanes of at least 4 members (excludes halogenated alkanes) is 3. The summed E-state index contributed by atoms with van der Waals surface area (Å²) in [7, 11) is 0. The molecule has 1 unspecified atom stereocenters. The molecule has 3 nitrogen and oxygen atoms in total. The molecule has 1 aromatic rings. The first-order chi connectivity index (χ1) is 9.33. The summed E-state index contributed by atoms with van der Waals surface area (Å²) in [6.45, 7) is 7.78. The van der Waals surface area contributed by atoms with Gasteiger partial charge in [-0.1, -0.05) is 57.4 Å². The fourth-order valence-corrected chi connectivity index (χ4v) is 3.11. The molecule has 0 aliphatic rings. The second-order valence-corrected chi connectivity index (χ2v) is 5.98. The van der Waals surface area contributed by atoms with Gasteiger partial charge in [-0.25, -0.2) is 0 Å². The summed E-state index contributed by atoms with van der Waals surface area (Å²) in [5.74, 6) is 0. The van der Waals surface area contributed by atoms with Gasteiger partial charge in [0.2, 0.25) is 0 Å². The third-order valence-electron chi connectivity index (χ3n) is 3.38. The Morgan fingerprint density at radius 2 is 1.89 bits per heavy atom. The topological polar surface area (TPSA) is 37.8 Å². The van der Waals surface area contributed by atoms with Gasteiger partial charge in [-0.3, -0.25) is 0 Å². The summed E-state index contributed by atoms with van der Waals surface area (Å²) in [6.07, 6.45) is 9.91. The van der Waals surface area contributed by atoms with Gasteiger partial charge in [0, 0.05) is 6.04 Å². The maximum absolute atomic E-state index is 4.31. The van der Waals surface area contributed by atoms with Gasteiger partial charge >= 0.3 is 0 Å². The van der Waals surface area contributed by atoms with Gasteiger partial charge in [-0.2, -0.15) is 0 Å². The zero-order chi connectivity index (χ0) is 13.9. The SMILES string of the molecule is CCCCCCC(NCCC)c1snnc1CCC. The Morgan fingerprint density at radius 3 is 2.58 bits per heavy atom. The quantitative estimate of drug-likeness (QED) is 0.608. The summed E-state index contributed by atoms with van der Waals surface area (Å²) in [6, 6.07) is 0.471. The fourth-order valence-electron chi connectivity index (χ4n) is 2.31. The maximum Gasteiger partial charge on any atom is 0.0803 e. The lowest BCUT2D eigenvalue weighted by atomic mass is 10.0. The molecule has 0 amide bonds. The number of rotatable bonds is 11. The standard InChI is InChI=1S/C15H29N3S/c1-4-7-8-9-11-13(16-12-6-3)15-14(10-5-2)17-18-19-15/h13,16H,4-12H2,1-3H3. The molecular formula is C15H29N3S. The monoisotopic (exact) mass is 283 g/mol. The van der Waals surface area contributed by atoms with E-state index in [1.54, 1.807) is 11.5 Å². The molecule has 1 rings (SSSR count). The highest BCUT2D eigenvalue weighted by Gasteiger charge is 2.17. The Bertz CT molecular complexity index is 325. The number of nitrogens with zero attached hydrogens (tertiary/aromatic N) is 2. The van der Waals surface area contributed by atoms with E-state index in [0.717, 1.165) is 19.4 Å². The summed E-state index contributed by atoms with van der Waals surface area (Å²) < 4.78 is 4.17. The highest BCUT2D eigenvalue weighted by Crippen LogP contribution is 2.26. The largest absolute Gasteiger partial charge is 0.309 e. The van der Waals surface area contributed by atoms with Gasteiger partial charge in [-0.15, -0.1) is 5.10 Å². The van der Waals surface area contributed by atoms with Crippen LogP contribution in [0.2, 0.25) is 0 Å². The Morgan fingerprint density at radius 1 is 1.05 bits per heavy atom. The van der Waals surface area contributed by atoms with Crippen LogP contribution < -0.4 is 5.32 Å².